The van der Waals surface area contributed by atoms with E-state index in [4.69, 9.17) is 0 Å². The van der Waals surface area contributed by atoms with Crippen LogP contribution in [0.4, 0.5) is 8.78 Å². The summed E-state index contributed by atoms with van der Waals surface area (Å²) in [5.41, 5.74) is 3.04. The molecule has 0 amide bonds. The second kappa shape index (κ2) is 6.02. The number of rotatable bonds is 2. The van der Waals surface area contributed by atoms with Gasteiger partial charge in [0.2, 0.25) is 0 Å². The fourth-order valence-electron chi connectivity index (χ4n) is 2.70. The largest absolute Gasteiger partial charge is 0.206 e. The van der Waals surface area contributed by atoms with Crippen molar-refractivity contribution in [1.29, 1.82) is 5.26 Å². The Morgan fingerprint density at radius 3 is 2.26 bits per heavy atom. The summed E-state index contributed by atoms with van der Waals surface area (Å²) < 4.78 is 28.1. The van der Waals surface area contributed by atoms with Gasteiger partial charge in [0, 0.05) is 16.7 Å². The predicted molar refractivity (Wildman–Crippen MR) is 86.7 cm³/mol. The molecule has 0 saturated carbocycles. The van der Waals surface area contributed by atoms with Gasteiger partial charge in [0.15, 0.2) is 0 Å². The lowest BCUT2D eigenvalue weighted by Crippen LogP contribution is -1.92. The maximum atomic E-state index is 14.1. The number of nitriles is 1. The number of halogens is 2. The Kier molecular flexibility index (Phi) is 3.91. The normalized spacial score (nSPS) is 10.3. The fraction of sp³-hybridized carbons (Fsp3) is 0.0500. The van der Waals surface area contributed by atoms with Crippen LogP contribution in [-0.4, -0.2) is 0 Å². The summed E-state index contributed by atoms with van der Waals surface area (Å²) in [4.78, 5) is 0. The number of benzene rings is 3. The summed E-state index contributed by atoms with van der Waals surface area (Å²) >= 11 is 0. The highest BCUT2D eigenvalue weighted by molar-refractivity contribution is 5.77. The smallest absolute Gasteiger partial charge is 0.131 e. The van der Waals surface area contributed by atoms with Gasteiger partial charge in [0.1, 0.15) is 11.6 Å². The minimum Gasteiger partial charge on any atom is -0.206 e. The second-order valence-electron chi connectivity index (χ2n) is 5.28. The van der Waals surface area contributed by atoms with Crippen molar-refractivity contribution in [2.75, 3.05) is 0 Å². The third kappa shape index (κ3) is 2.72. The molecular formula is C20H13F2N. The van der Waals surface area contributed by atoms with Gasteiger partial charge in [-0.1, -0.05) is 42.5 Å². The molecule has 0 spiro atoms. The van der Waals surface area contributed by atoms with Crippen LogP contribution in [-0.2, 0) is 0 Å². The average Bonchev–Trinajstić information content (AvgIpc) is 2.55. The molecule has 0 aliphatic rings. The van der Waals surface area contributed by atoms with Crippen LogP contribution in [0.1, 0.15) is 11.1 Å². The number of hydrogen-bond donors (Lipinski definition) is 0. The Bertz CT molecular complexity index is 903. The molecule has 0 aromatic heterocycles. The molecule has 0 aliphatic heterocycles. The van der Waals surface area contributed by atoms with E-state index in [1.807, 2.05) is 13.0 Å². The highest BCUT2D eigenvalue weighted by Gasteiger charge is 2.13. The van der Waals surface area contributed by atoms with Crippen LogP contribution in [0.5, 0.6) is 0 Å². The molecule has 3 rings (SSSR count). The molecule has 0 saturated heterocycles. The van der Waals surface area contributed by atoms with Crippen LogP contribution in [0.25, 0.3) is 22.3 Å². The van der Waals surface area contributed by atoms with Crippen molar-refractivity contribution < 1.29 is 8.78 Å². The van der Waals surface area contributed by atoms with Crippen LogP contribution in [0.2, 0.25) is 0 Å². The first-order valence-corrected chi connectivity index (χ1v) is 7.16. The molecule has 3 aromatic carbocycles. The lowest BCUT2D eigenvalue weighted by Gasteiger charge is -2.11. The van der Waals surface area contributed by atoms with Gasteiger partial charge < -0.3 is 0 Å². The minimum atomic E-state index is -0.390. The summed E-state index contributed by atoms with van der Waals surface area (Å²) in [5.74, 6) is -0.730. The van der Waals surface area contributed by atoms with E-state index < -0.39 is 0 Å². The third-order valence-corrected chi connectivity index (χ3v) is 3.81. The van der Waals surface area contributed by atoms with E-state index in [-0.39, 0.29) is 11.6 Å². The molecular weight excluding hydrogens is 292 g/mol. The summed E-state index contributed by atoms with van der Waals surface area (Å²) in [7, 11) is 0. The first-order valence-electron chi connectivity index (χ1n) is 7.16. The Hall–Kier alpha value is -2.99. The monoisotopic (exact) mass is 305 g/mol. The highest BCUT2D eigenvalue weighted by atomic mass is 19.1. The molecule has 112 valence electrons. The van der Waals surface area contributed by atoms with Crippen molar-refractivity contribution in [1.82, 2.24) is 0 Å². The van der Waals surface area contributed by atoms with E-state index in [1.165, 1.54) is 12.1 Å². The molecule has 0 aliphatic carbocycles. The zero-order valence-electron chi connectivity index (χ0n) is 12.5. The number of hydrogen-bond acceptors (Lipinski definition) is 1. The van der Waals surface area contributed by atoms with Gasteiger partial charge in [0.25, 0.3) is 0 Å². The molecule has 0 heterocycles. The quantitative estimate of drug-likeness (QED) is 0.615. The van der Waals surface area contributed by atoms with Crippen LogP contribution in [0, 0.1) is 29.9 Å². The second-order valence-corrected chi connectivity index (χ2v) is 5.28. The van der Waals surface area contributed by atoms with Gasteiger partial charge >= 0.3 is 0 Å². The van der Waals surface area contributed by atoms with Crippen LogP contribution < -0.4 is 0 Å². The molecule has 3 heteroatoms. The van der Waals surface area contributed by atoms with Crippen molar-refractivity contribution >= 4 is 0 Å². The maximum Gasteiger partial charge on any atom is 0.131 e. The first kappa shape index (κ1) is 14.9. The zero-order valence-corrected chi connectivity index (χ0v) is 12.5. The van der Waals surface area contributed by atoms with Gasteiger partial charge in [-0.05, 0) is 36.2 Å². The van der Waals surface area contributed by atoms with E-state index in [0.717, 1.165) is 5.56 Å². The van der Waals surface area contributed by atoms with Gasteiger partial charge in [0.05, 0.1) is 11.6 Å². The third-order valence-electron chi connectivity index (χ3n) is 3.81. The van der Waals surface area contributed by atoms with E-state index in [1.54, 1.807) is 42.5 Å². The molecule has 0 atom stereocenters. The zero-order chi connectivity index (χ0) is 16.4. The molecule has 0 N–H and O–H groups in total. The Morgan fingerprint density at radius 1 is 0.826 bits per heavy atom. The fourth-order valence-corrected chi connectivity index (χ4v) is 2.70. The van der Waals surface area contributed by atoms with Gasteiger partial charge in [-0.2, -0.15) is 5.26 Å². The van der Waals surface area contributed by atoms with Gasteiger partial charge in [-0.15, -0.1) is 0 Å². The standard InChI is InChI=1S/C20H13F2N/c1-13-5-4-8-19(22)20(13)14-9-10-16(15(11-14)12-23)17-6-2-3-7-18(17)21/h2-11H,1H3. The Labute approximate surface area is 133 Å². The Balaban J connectivity index is 2.19. The van der Waals surface area contributed by atoms with Crippen molar-refractivity contribution in [3.8, 4) is 28.3 Å². The van der Waals surface area contributed by atoms with E-state index in [2.05, 4.69) is 6.07 Å². The molecule has 23 heavy (non-hydrogen) atoms. The summed E-state index contributed by atoms with van der Waals surface area (Å²) in [6, 6.07) is 18.2. The highest BCUT2D eigenvalue weighted by Crippen LogP contribution is 2.32. The molecule has 3 aromatic rings. The predicted octanol–water partition coefficient (Wildman–Crippen LogP) is 5.48. The summed E-state index contributed by atoms with van der Waals surface area (Å²) in [6.07, 6.45) is 0. The van der Waals surface area contributed by atoms with Crippen molar-refractivity contribution in [3.63, 3.8) is 0 Å². The number of nitrogens with zero attached hydrogens (tertiary/aromatic N) is 1. The summed E-state index contributed by atoms with van der Waals surface area (Å²) in [6.45, 7) is 1.81. The van der Waals surface area contributed by atoms with Crippen LogP contribution in [0.15, 0.2) is 60.7 Å². The van der Waals surface area contributed by atoms with Gasteiger partial charge in [-0.3, -0.25) is 0 Å². The first-order chi connectivity index (χ1) is 11.1. The molecule has 0 unspecified atom stereocenters. The maximum absolute atomic E-state index is 14.1. The minimum absolute atomic E-state index is 0.315. The number of aryl methyl sites for hydroxylation is 1. The lowest BCUT2D eigenvalue weighted by atomic mass is 9.93. The van der Waals surface area contributed by atoms with Crippen molar-refractivity contribution in [3.05, 3.63) is 83.4 Å². The van der Waals surface area contributed by atoms with E-state index in [0.29, 0.717) is 27.8 Å². The van der Waals surface area contributed by atoms with Crippen molar-refractivity contribution in [2.45, 2.75) is 6.92 Å². The van der Waals surface area contributed by atoms with E-state index >= 15 is 0 Å². The van der Waals surface area contributed by atoms with E-state index in [9.17, 15) is 14.0 Å². The molecule has 0 fully saturated rings. The van der Waals surface area contributed by atoms with Crippen LogP contribution >= 0.6 is 0 Å². The molecule has 1 nitrogen and oxygen atoms in total. The summed E-state index contributed by atoms with van der Waals surface area (Å²) in [5, 5.41) is 9.41. The molecule has 0 bridgehead atoms. The SMILES string of the molecule is Cc1cccc(F)c1-c1ccc(-c2ccccc2F)c(C#N)c1. The van der Waals surface area contributed by atoms with Gasteiger partial charge in [-0.25, -0.2) is 8.78 Å². The average molecular weight is 305 g/mol. The van der Waals surface area contributed by atoms with Crippen LogP contribution in [0.3, 0.4) is 0 Å². The molecule has 0 radical (unpaired) electrons. The Morgan fingerprint density at radius 2 is 1.57 bits per heavy atom. The van der Waals surface area contributed by atoms with Crippen molar-refractivity contribution in [2.24, 2.45) is 0 Å². The topological polar surface area (TPSA) is 23.8 Å². The lowest BCUT2D eigenvalue weighted by molar-refractivity contribution is 0.630.